The summed E-state index contributed by atoms with van der Waals surface area (Å²) < 4.78 is 17.9. The number of aryl methyl sites for hydroxylation is 2. The molecule has 0 amide bonds. The third-order valence-electron chi connectivity index (χ3n) is 4.01. The highest BCUT2D eigenvalue weighted by Gasteiger charge is 2.14. The maximum absolute atomic E-state index is 13.8. The number of benzene rings is 1. The van der Waals surface area contributed by atoms with E-state index >= 15 is 0 Å². The lowest BCUT2D eigenvalue weighted by Crippen LogP contribution is -2.37. The second-order valence-electron chi connectivity index (χ2n) is 5.73. The molecule has 0 radical (unpaired) electrons. The van der Waals surface area contributed by atoms with E-state index in [0.29, 0.717) is 29.9 Å². The molecule has 2 aromatic heterocycles. The van der Waals surface area contributed by atoms with Crippen molar-refractivity contribution < 1.29 is 4.39 Å². The molecule has 0 bridgehead atoms. The first-order chi connectivity index (χ1) is 11.4. The molecule has 1 aromatic carbocycles. The molecular weight excluding hydrogens is 313 g/mol. The van der Waals surface area contributed by atoms with E-state index in [0.717, 1.165) is 10.1 Å². The molecule has 0 aliphatic rings. The summed E-state index contributed by atoms with van der Waals surface area (Å²) >= 11 is 0. The Morgan fingerprint density at radius 1 is 1.21 bits per heavy atom. The van der Waals surface area contributed by atoms with Crippen LogP contribution in [0.15, 0.2) is 34.1 Å². The average molecular weight is 331 g/mol. The maximum Gasteiger partial charge on any atom is 0.332 e. The second kappa shape index (κ2) is 5.95. The van der Waals surface area contributed by atoms with E-state index in [1.54, 1.807) is 17.7 Å². The lowest BCUT2D eigenvalue weighted by molar-refractivity contribution is 0.627. The van der Waals surface area contributed by atoms with Crippen molar-refractivity contribution in [3.05, 3.63) is 56.7 Å². The molecule has 2 heterocycles. The van der Waals surface area contributed by atoms with Crippen LogP contribution in [0.25, 0.3) is 11.2 Å². The smallest absolute Gasteiger partial charge is 0.332 e. The van der Waals surface area contributed by atoms with Gasteiger partial charge in [0.2, 0.25) is 0 Å². The molecule has 1 N–H and O–H groups in total. The molecule has 0 unspecified atom stereocenters. The minimum atomic E-state index is -0.419. The number of aromatic nitrogens is 4. The van der Waals surface area contributed by atoms with Crippen molar-refractivity contribution in [3.63, 3.8) is 0 Å². The number of anilines is 1. The Hall–Kier alpha value is -2.90. The number of rotatable bonds is 4. The van der Waals surface area contributed by atoms with Crippen molar-refractivity contribution in [1.29, 1.82) is 0 Å². The Kier molecular flexibility index (Phi) is 3.96. The van der Waals surface area contributed by atoms with Crippen molar-refractivity contribution in [2.45, 2.75) is 13.5 Å². The third kappa shape index (κ3) is 2.60. The van der Waals surface area contributed by atoms with Crippen LogP contribution in [0.4, 0.5) is 10.1 Å². The van der Waals surface area contributed by atoms with Crippen molar-refractivity contribution >= 4 is 16.9 Å². The van der Waals surface area contributed by atoms with Crippen LogP contribution in [0.2, 0.25) is 0 Å². The molecule has 24 heavy (non-hydrogen) atoms. The minimum absolute atomic E-state index is 0.316. The van der Waals surface area contributed by atoms with Crippen molar-refractivity contribution in [3.8, 4) is 0 Å². The quantitative estimate of drug-likeness (QED) is 0.774. The van der Waals surface area contributed by atoms with Gasteiger partial charge in [-0.1, -0.05) is 6.07 Å². The maximum atomic E-state index is 13.8. The third-order valence-corrected chi connectivity index (χ3v) is 4.01. The number of hydrogen-bond acceptors (Lipinski definition) is 4. The number of hydrogen-bond donors (Lipinski definition) is 1. The molecule has 126 valence electrons. The zero-order chi connectivity index (χ0) is 17.4. The van der Waals surface area contributed by atoms with Gasteiger partial charge in [-0.05, 0) is 24.6 Å². The van der Waals surface area contributed by atoms with E-state index in [1.165, 1.54) is 24.0 Å². The highest BCUT2D eigenvalue weighted by Crippen LogP contribution is 2.15. The van der Waals surface area contributed by atoms with Crippen LogP contribution in [0.5, 0.6) is 0 Å². The Bertz CT molecular complexity index is 1030. The van der Waals surface area contributed by atoms with Gasteiger partial charge in [-0.2, -0.15) is 0 Å². The fourth-order valence-electron chi connectivity index (χ4n) is 2.64. The zero-order valence-electron chi connectivity index (χ0n) is 13.7. The summed E-state index contributed by atoms with van der Waals surface area (Å²) in [6, 6.07) is 4.96. The van der Waals surface area contributed by atoms with Crippen LogP contribution in [-0.4, -0.2) is 25.2 Å². The molecule has 0 fully saturated rings. The minimum Gasteiger partial charge on any atom is -0.381 e. The van der Waals surface area contributed by atoms with Crippen molar-refractivity contribution in [2.75, 3.05) is 11.9 Å². The first kappa shape index (κ1) is 16.0. The van der Waals surface area contributed by atoms with Gasteiger partial charge >= 0.3 is 5.69 Å². The predicted molar refractivity (Wildman–Crippen MR) is 89.8 cm³/mol. The van der Waals surface area contributed by atoms with E-state index in [-0.39, 0.29) is 5.82 Å². The summed E-state index contributed by atoms with van der Waals surface area (Å²) in [5, 5.41) is 3.00. The highest BCUT2D eigenvalue weighted by atomic mass is 19.1. The Morgan fingerprint density at radius 2 is 1.96 bits per heavy atom. The summed E-state index contributed by atoms with van der Waals surface area (Å²) in [5.74, 6) is -0.316. The summed E-state index contributed by atoms with van der Waals surface area (Å²) in [7, 11) is 3.00. The molecule has 0 saturated heterocycles. The highest BCUT2D eigenvalue weighted by molar-refractivity contribution is 5.69. The normalized spacial score (nSPS) is 11.2. The van der Waals surface area contributed by atoms with E-state index in [4.69, 9.17) is 0 Å². The summed E-state index contributed by atoms with van der Waals surface area (Å²) in [4.78, 5) is 28.4. The van der Waals surface area contributed by atoms with Gasteiger partial charge in [-0.15, -0.1) is 0 Å². The lowest BCUT2D eigenvalue weighted by Gasteiger charge is -2.10. The van der Waals surface area contributed by atoms with Crippen LogP contribution < -0.4 is 16.6 Å². The number of imidazole rings is 1. The van der Waals surface area contributed by atoms with Crippen LogP contribution in [-0.2, 0) is 20.6 Å². The lowest BCUT2D eigenvalue weighted by atomic mass is 10.2. The van der Waals surface area contributed by atoms with Gasteiger partial charge in [0.15, 0.2) is 11.2 Å². The fraction of sp³-hybridized carbons (Fsp3) is 0.312. The van der Waals surface area contributed by atoms with Gasteiger partial charge in [0, 0.05) is 27.2 Å². The summed E-state index contributed by atoms with van der Waals surface area (Å²) in [5.41, 5.74) is 1.13. The van der Waals surface area contributed by atoms with Crippen molar-refractivity contribution in [2.24, 2.45) is 14.1 Å². The average Bonchev–Trinajstić information content (AvgIpc) is 2.97. The Labute approximate surface area is 137 Å². The molecule has 3 rings (SSSR count). The fourth-order valence-corrected chi connectivity index (χ4v) is 2.64. The topological polar surface area (TPSA) is 73.8 Å². The number of nitrogens with one attached hydrogen (secondary N) is 1. The second-order valence-corrected chi connectivity index (χ2v) is 5.73. The molecule has 0 saturated carbocycles. The first-order valence-corrected chi connectivity index (χ1v) is 7.51. The summed E-state index contributed by atoms with van der Waals surface area (Å²) in [6.45, 7) is 2.65. The van der Waals surface area contributed by atoms with Crippen LogP contribution in [0.3, 0.4) is 0 Å². The number of nitrogens with zero attached hydrogens (tertiary/aromatic N) is 4. The summed E-state index contributed by atoms with van der Waals surface area (Å²) in [6.07, 6.45) is 1.51. The molecule has 7 nitrogen and oxygen atoms in total. The monoisotopic (exact) mass is 331 g/mol. The largest absolute Gasteiger partial charge is 0.381 e. The van der Waals surface area contributed by atoms with Gasteiger partial charge < -0.3 is 9.88 Å². The van der Waals surface area contributed by atoms with Crippen molar-refractivity contribution in [1.82, 2.24) is 18.7 Å². The van der Waals surface area contributed by atoms with E-state index < -0.39 is 11.2 Å². The van der Waals surface area contributed by atoms with Gasteiger partial charge in [-0.3, -0.25) is 13.9 Å². The van der Waals surface area contributed by atoms with Crippen LogP contribution in [0.1, 0.15) is 5.56 Å². The van der Waals surface area contributed by atoms with Crippen LogP contribution >= 0.6 is 0 Å². The molecule has 0 aliphatic heterocycles. The van der Waals surface area contributed by atoms with Gasteiger partial charge in [-0.25, -0.2) is 14.2 Å². The standard InChI is InChI=1S/C16H18FN5O2/c1-10-4-5-12(11(17)8-10)18-6-7-22-9-19-14-13(22)15(23)21(3)16(24)20(14)2/h4-5,8-9,18H,6-7H2,1-3H3. The van der Waals surface area contributed by atoms with E-state index in [9.17, 15) is 14.0 Å². The molecule has 0 atom stereocenters. The molecule has 8 heteroatoms. The Morgan fingerprint density at radius 3 is 2.67 bits per heavy atom. The van der Waals surface area contributed by atoms with Gasteiger partial charge in [0.25, 0.3) is 5.56 Å². The van der Waals surface area contributed by atoms with E-state index in [2.05, 4.69) is 10.3 Å². The molecule has 0 aliphatic carbocycles. The molecule has 0 spiro atoms. The number of fused-ring (bicyclic) bond motifs is 1. The number of halogens is 1. The molecular formula is C16H18FN5O2. The van der Waals surface area contributed by atoms with Gasteiger partial charge in [0.1, 0.15) is 5.82 Å². The molecule has 3 aromatic rings. The van der Waals surface area contributed by atoms with Crippen LogP contribution in [0, 0.1) is 12.7 Å². The SMILES string of the molecule is Cc1ccc(NCCn2cnc3c2c(=O)n(C)c(=O)n3C)c(F)c1. The Balaban J connectivity index is 1.86. The zero-order valence-corrected chi connectivity index (χ0v) is 13.7. The van der Waals surface area contributed by atoms with Gasteiger partial charge in [0.05, 0.1) is 12.0 Å². The van der Waals surface area contributed by atoms with E-state index in [1.807, 2.05) is 13.0 Å². The first-order valence-electron chi connectivity index (χ1n) is 7.51. The predicted octanol–water partition coefficient (Wildman–Crippen LogP) is 0.993.